The zero-order valence-corrected chi connectivity index (χ0v) is 10.9. The maximum atomic E-state index is 13.6. The first-order chi connectivity index (χ1) is 9.20. The monoisotopic (exact) mass is 280 g/mol. The molecule has 0 unspecified atom stereocenters. The molecule has 0 atom stereocenters. The van der Waals surface area contributed by atoms with Crippen molar-refractivity contribution in [2.45, 2.75) is 35.5 Å². The van der Waals surface area contributed by atoms with E-state index in [0.717, 1.165) is 12.8 Å². The van der Waals surface area contributed by atoms with Gasteiger partial charge in [-0.15, -0.1) is 5.10 Å². The standard InChI is InChI=1S/C12H13FN4OS/c13-9-2-1-3-10(8(9)6-14)19-12-16-15-11(18)17(12)7-4-5-7/h1-3,7H,4-6,14H2,(H,15,18). The summed E-state index contributed by atoms with van der Waals surface area (Å²) >= 11 is 1.27. The molecular weight excluding hydrogens is 267 g/mol. The van der Waals surface area contributed by atoms with Crippen LogP contribution in [0.4, 0.5) is 4.39 Å². The van der Waals surface area contributed by atoms with E-state index in [1.807, 2.05) is 0 Å². The molecule has 1 fully saturated rings. The zero-order valence-electron chi connectivity index (χ0n) is 10.1. The van der Waals surface area contributed by atoms with Gasteiger partial charge in [0.1, 0.15) is 5.82 Å². The highest BCUT2D eigenvalue weighted by Crippen LogP contribution is 2.38. The molecule has 1 aromatic heterocycles. The average molecular weight is 280 g/mol. The molecule has 0 aliphatic heterocycles. The summed E-state index contributed by atoms with van der Waals surface area (Å²) in [6, 6.07) is 5.02. The van der Waals surface area contributed by atoms with E-state index in [-0.39, 0.29) is 24.1 Å². The third-order valence-electron chi connectivity index (χ3n) is 3.07. The summed E-state index contributed by atoms with van der Waals surface area (Å²) in [5.41, 5.74) is 5.81. The minimum Gasteiger partial charge on any atom is -0.326 e. The van der Waals surface area contributed by atoms with Crippen molar-refractivity contribution in [1.82, 2.24) is 14.8 Å². The van der Waals surface area contributed by atoms with Crippen molar-refractivity contribution in [3.8, 4) is 0 Å². The van der Waals surface area contributed by atoms with Gasteiger partial charge in [-0.1, -0.05) is 6.07 Å². The smallest absolute Gasteiger partial charge is 0.326 e. The van der Waals surface area contributed by atoms with Gasteiger partial charge in [0.2, 0.25) is 0 Å². The SMILES string of the molecule is NCc1c(F)cccc1Sc1n[nH]c(=O)n1C1CC1. The first kappa shape index (κ1) is 12.4. The van der Waals surface area contributed by atoms with Gasteiger partial charge in [-0.3, -0.25) is 4.57 Å². The molecule has 1 aliphatic rings. The van der Waals surface area contributed by atoms with Gasteiger partial charge in [0.05, 0.1) is 0 Å². The predicted molar refractivity (Wildman–Crippen MR) is 69.5 cm³/mol. The normalized spacial score (nSPS) is 14.8. The highest BCUT2D eigenvalue weighted by Gasteiger charge is 2.29. The van der Waals surface area contributed by atoms with Gasteiger partial charge in [0.25, 0.3) is 0 Å². The van der Waals surface area contributed by atoms with Gasteiger partial charge in [0, 0.05) is 23.0 Å². The van der Waals surface area contributed by atoms with Crippen molar-refractivity contribution in [3.05, 3.63) is 40.1 Å². The van der Waals surface area contributed by atoms with Crippen LogP contribution in [-0.2, 0) is 6.54 Å². The molecular formula is C12H13FN4OS. The van der Waals surface area contributed by atoms with E-state index in [1.165, 1.54) is 17.8 Å². The van der Waals surface area contributed by atoms with Crippen LogP contribution in [0.3, 0.4) is 0 Å². The molecule has 0 amide bonds. The lowest BCUT2D eigenvalue weighted by atomic mass is 10.2. The van der Waals surface area contributed by atoms with Crippen molar-refractivity contribution in [1.29, 1.82) is 0 Å². The Kier molecular flexibility index (Phi) is 3.16. The fourth-order valence-corrected chi connectivity index (χ4v) is 3.02. The third kappa shape index (κ3) is 2.31. The van der Waals surface area contributed by atoms with Crippen LogP contribution in [0.25, 0.3) is 0 Å². The summed E-state index contributed by atoms with van der Waals surface area (Å²) in [5, 5.41) is 7.01. The van der Waals surface area contributed by atoms with E-state index in [2.05, 4.69) is 10.2 Å². The van der Waals surface area contributed by atoms with Crippen molar-refractivity contribution >= 4 is 11.8 Å². The van der Waals surface area contributed by atoms with Crippen LogP contribution in [0.5, 0.6) is 0 Å². The van der Waals surface area contributed by atoms with Crippen molar-refractivity contribution in [2.24, 2.45) is 5.73 Å². The number of H-pyrrole nitrogens is 1. The average Bonchev–Trinajstić information content (AvgIpc) is 3.15. The molecule has 3 rings (SSSR count). The van der Waals surface area contributed by atoms with Crippen LogP contribution >= 0.6 is 11.8 Å². The highest BCUT2D eigenvalue weighted by atomic mass is 32.2. The number of aromatic amines is 1. The molecule has 19 heavy (non-hydrogen) atoms. The van der Waals surface area contributed by atoms with E-state index in [0.29, 0.717) is 15.6 Å². The van der Waals surface area contributed by atoms with E-state index >= 15 is 0 Å². The third-order valence-corrected chi connectivity index (χ3v) is 4.14. The van der Waals surface area contributed by atoms with Gasteiger partial charge >= 0.3 is 5.69 Å². The van der Waals surface area contributed by atoms with Crippen LogP contribution in [0, 0.1) is 5.82 Å². The fourth-order valence-electron chi connectivity index (χ4n) is 1.95. The number of aromatic nitrogens is 3. The second kappa shape index (κ2) is 4.82. The number of hydrogen-bond acceptors (Lipinski definition) is 4. The molecule has 2 aromatic rings. The Morgan fingerprint density at radius 1 is 1.53 bits per heavy atom. The summed E-state index contributed by atoms with van der Waals surface area (Å²) in [7, 11) is 0. The lowest BCUT2D eigenvalue weighted by Gasteiger charge is -2.08. The molecule has 1 heterocycles. The molecule has 100 valence electrons. The molecule has 1 aliphatic carbocycles. The largest absolute Gasteiger partial charge is 0.344 e. The summed E-state index contributed by atoms with van der Waals surface area (Å²) in [5.74, 6) is -0.330. The number of rotatable bonds is 4. The van der Waals surface area contributed by atoms with Crippen LogP contribution in [-0.4, -0.2) is 14.8 Å². The number of nitrogens with two attached hydrogens (primary N) is 1. The quantitative estimate of drug-likeness (QED) is 0.893. The lowest BCUT2D eigenvalue weighted by molar-refractivity contribution is 0.604. The molecule has 0 radical (unpaired) electrons. The van der Waals surface area contributed by atoms with Crippen LogP contribution < -0.4 is 11.4 Å². The van der Waals surface area contributed by atoms with E-state index in [1.54, 1.807) is 16.7 Å². The van der Waals surface area contributed by atoms with E-state index in [4.69, 9.17) is 5.73 Å². The molecule has 7 heteroatoms. The maximum Gasteiger partial charge on any atom is 0.344 e. The molecule has 0 saturated heterocycles. The number of nitrogens with zero attached hydrogens (tertiary/aromatic N) is 2. The first-order valence-corrected chi connectivity index (χ1v) is 6.84. The van der Waals surface area contributed by atoms with Crippen LogP contribution in [0.2, 0.25) is 0 Å². The van der Waals surface area contributed by atoms with Gasteiger partial charge < -0.3 is 5.73 Å². The number of nitrogens with one attached hydrogen (secondary N) is 1. The van der Waals surface area contributed by atoms with Gasteiger partial charge in [-0.25, -0.2) is 14.3 Å². The Morgan fingerprint density at radius 3 is 3.00 bits per heavy atom. The minimum absolute atomic E-state index is 0.118. The molecule has 3 N–H and O–H groups in total. The summed E-state index contributed by atoms with van der Waals surface area (Å²) in [6.45, 7) is 0.118. The van der Waals surface area contributed by atoms with Gasteiger partial charge in [-0.2, -0.15) is 0 Å². The van der Waals surface area contributed by atoms with Crippen molar-refractivity contribution in [2.75, 3.05) is 0 Å². The maximum absolute atomic E-state index is 13.6. The van der Waals surface area contributed by atoms with E-state index in [9.17, 15) is 9.18 Å². The molecule has 0 bridgehead atoms. The molecule has 1 aromatic carbocycles. The van der Waals surface area contributed by atoms with Crippen molar-refractivity contribution in [3.63, 3.8) is 0 Å². The number of benzene rings is 1. The second-order valence-electron chi connectivity index (χ2n) is 4.44. The Hall–Kier alpha value is -1.60. The number of halogens is 1. The highest BCUT2D eigenvalue weighted by molar-refractivity contribution is 7.99. The summed E-state index contributed by atoms with van der Waals surface area (Å²) in [6.07, 6.45) is 1.97. The molecule has 0 spiro atoms. The summed E-state index contributed by atoms with van der Waals surface area (Å²) in [4.78, 5) is 12.4. The first-order valence-electron chi connectivity index (χ1n) is 6.03. The Balaban J connectivity index is 1.98. The Morgan fingerprint density at radius 2 is 2.32 bits per heavy atom. The van der Waals surface area contributed by atoms with Gasteiger partial charge in [0.15, 0.2) is 5.16 Å². The topological polar surface area (TPSA) is 76.7 Å². The van der Waals surface area contributed by atoms with Crippen LogP contribution in [0.1, 0.15) is 24.4 Å². The van der Waals surface area contributed by atoms with Crippen LogP contribution in [0.15, 0.2) is 33.0 Å². The Bertz CT molecular complexity index is 662. The summed E-state index contributed by atoms with van der Waals surface area (Å²) < 4.78 is 15.3. The van der Waals surface area contributed by atoms with E-state index < -0.39 is 0 Å². The zero-order chi connectivity index (χ0) is 13.4. The molecule has 1 saturated carbocycles. The van der Waals surface area contributed by atoms with Crippen molar-refractivity contribution < 1.29 is 4.39 Å². The lowest BCUT2D eigenvalue weighted by Crippen LogP contribution is -2.16. The second-order valence-corrected chi connectivity index (χ2v) is 5.44. The minimum atomic E-state index is -0.330. The number of hydrogen-bond donors (Lipinski definition) is 2. The Labute approximate surface area is 113 Å². The molecule has 5 nitrogen and oxygen atoms in total. The van der Waals surface area contributed by atoms with Gasteiger partial charge in [-0.05, 0) is 36.7 Å². The predicted octanol–water partition coefficient (Wildman–Crippen LogP) is 1.66. The fraction of sp³-hybridized carbons (Fsp3) is 0.333.